The highest BCUT2D eigenvalue weighted by Gasteiger charge is 2.33. The second-order valence-corrected chi connectivity index (χ2v) is 4.50. The average Bonchev–Trinajstić information content (AvgIpc) is 2.62. The van der Waals surface area contributed by atoms with Crippen molar-refractivity contribution in [3.8, 4) is 0 Å². The Morgan fingerprint density at radius 3 is 2.67 bits per heavy atom. The first kappa shape index (κ1) is 8.52. The molecule has 12 heavy (non-hydrogen) atoms. The lowest BCUT2D eigenvalue weighted by molar-refractivity contribution is 0.177. The monoisotopic (exact) mass is 169 g/mol. The van der Waals surface area contributed by atoms with Crippen molar-refractivity contribution in [3.05, 3.63) is 0 Å². The van der Waals surface area contributed by atoms with Crippen LogP contribution < -0.4 is 5.73 Å². The van der Waals surface area contributed by atoms with Crippen molar-refractivity contribution in [3.63, 3.8) is 0 Å². The van der Waals surface area contributed by atoms with E-state index >= 15 is 0 Å². The Bertz CT molecular complexity index is 146. The van der Waals surface area contributed by atoms with E-state index in [1.807, 2.05) is 0 Å². The number of rotatable bonds is 2. The zero-order valence-electron chi connectivity index (χ0n) is 7.72. The van der Waals surface area contributed by atoms with E-state index < -0.39 is 0 Å². The van der Waals surface area contributed by atoms with Crippen LogP contribution in [0.25, 0.3) is 0 Å². The summed E-state index contributed by atoms with van der Waals surface area (Å²) in [7, 11) is 0. The standard InChI is InChI=1S/C10H19NO/c11-10(4-1-2-5-10)7-9-3-6-12-8-9/h9H,1-8,11H2. The molecule has 0 radical (unpaired) electrons. The van der Waals surface area contributed by atoms with Crippen molar-refractivity contribution in [2.75, 3.05) is 13.2 Å². The molecule has 1 heterocycles. The second kappa shape index (κ2) is 3.35. The molecular formula is C10H19NO. The summed E-state index contributed by atoms with van der Waals surface area (Å²) in [5.41, 5.74) is 6.46. The molecule has 1 saturated carbocycles. The van der Waals surface area contributed by atoms with Crippen LogP contribution in [-0.4, -0.2) is 18.8 Å². The predicted molar refractivity (Wildman–Crippen MR) is 48.9 cm³/mol. The van der Waals surface area contributed by atoms with E-state index in [9.17, 15) is 0 Å². The molecule has 2 fully saturated rings. The van der Waals surface area contributed by atoms with E-state index in [2.05, 4.69) is 0 Å². The van der Waals surface area contributed by atoms with Gasteiger partial charge in [-0.1, -0.05) is 12.8 Å². The molecule has 1 atom stereocenters. The molecule has 0 amide bonds. The molecule has 2 aliphatic rings. The van der Waals surface area contributed by atoms with Gasteiger partial charge < -0.3 is 10.5 Å². The van der Waals surface area contributed by atoms with Crippen molar-refractivity contribution in [1.82, 2.24) is 0 Å². The third-order valence-electron chi connectivity index (χ3n) is 3.32. The van der Waals surface area contributed by atoms with Gasteiger partial charge in [0.15, 0.2) is 0 Å². The van der Waals surface area contributed by atoms with Crippen molar-refractivity contribution < 1.29 is 4.74 Å². The maximum absolute atomic E-state index is 6.28. The summed E-state index contributed by atoms with van der Waals surface area (Å²) in [5, 5.41) is 0. The van der Waals surface area contributed by atoms with Crippen molar-refractivity contribution >= 4 is 0 Å². The van der Waals surface area contributed by atoms with Crippen LogP contribution in [0.5, 0.6) is 0 Å². The Morgan fingerprint density at radius 1 is 1.33 bits per heavy atom. The fourth-order valence-corrected chi connectivity index (χ4v) is 2.60. The molecule has 1 aliphatic heterocycles. The molecule has 0 spiro atoms. The molecule has 1 aliphatic carbocycles. The molecule has 2 nitrogen and oxygen atoms in total. The van der Waals surface area contributed by atoms with Crippen molar-refractivity contribution in [2.24, 2.45) is 11.7 Å². The summed E-state index contributed by atoms with van der Waals surface area (Å²) >= 11 is 0. The molecule has 2 N–H and O–H groups in total. The predicted octanol–water partition coefficient (Wildman–Crippen LogP) is 1.68. The van der Waals surface area contributed by atoms with Crippen molar-refractivity contribution in [1.29, 1.82) is 0 Å². The Hall–Kier alpha value is -0.0800. The van der Waals surface area contributed by atoms with Gasteiger partial charge in [0.05, 0.1) is 0 Å². The van der Waals surface area contributed by atoms with E-state index in [0.29, 0.717) is 0 Å². The molecule has 0 aromatic heterocycles. The van der Waals surface area contributed by atoms with Gasteiger partial charge in [-0.25, -0.2) is 0 Å². The molecule has 1 saturated heterocycles. The van der Waals surface area contributed by atoms with Gasteiger partial charge in [0.1, 0.15) is 0 Å². The summed E-state index contributed by atoms with van der Waals surface area (Å²) in [6.45, 7) is 1.92. The van der Waals surface area contributed by atoms with Gasteiger partial charge in [-0.3, -0.25) is 0 Å². The zero-order chi connectivity index (χ0) is 8.44. The van der Waals surface area contributed by atoms with Crippen LogP contribution in [0.15, 0.2) is 0 Å². The van der Waals surface area contributed by atoms with E-state index in [4.69, 9.17) is 10.5 Å². The fraction of sp³-hybridized carbons (Fsp3) is 1.00. The lowest BCUT2D eigenvalue weighted by Gasteiger charge is -2.26. The fourth-order valence-electron chi connectivity index (χ4n) is 2.60. The normalized spacial score (nSPS) is 34.2. The molecule has 2 heteroatoms. The Morgan fingerprint density at radius 2 is 2.08 bits per heavy atom. The quantitative estimate of drug-likeness (QED) is 0.682. The van der Waals surface area contributed by atoms with Gasteiger partial charge in [0, 0.05) is 18.8 Å². The Kier molecular flexibility index (Phi) is 2.37. The summed E-state index contributed by atoms with van der Waals surface area (Å²) in [4.78, 5) is 0. The number of nitrogens with two attached hydrogens (primary N) is 1. The molecule has 0 bridgehead atoms. The van der Waals surface area contributed by atoms with Gasteiger partial charge in [-0.05, 0) is 31.6 Å². The first-order valence-corrected chi connectivity index (χ1v) is 5.15. The van der Waals surface area contributed by atoms with Gasteiger partial charge >= 0.3 is 0 Å². The van der Waals surface area contributed by atoms with E-state index in [1.165, 1.54) is 38.5 Å². The van der Waals surface area contributed by atoms with Gasteiger partial charge in [-0.15, -0.1) is 0 Å². The van der Waals surface area contributed by atoms with Crippen LogP contribution in [0, 0.1) is 5.92 Å². The Labute approximate surface area is 74.5 Å². The minimum absolute atomic E-state index is 0.179. The van der Waals surface area contributed by atoms with Crippen LogP contribution in [0.3, 0.4) is 0 Å². The van der Waals surface area contributed by atoms with E-state index in [1.54, 1.807) is 0 Å². The molecule has 70 valence electrons. The molecule has 2 rings (SSSR count). The lowest BCUT2D eigenvalue weighted by atomic mass is 9.86. The molecular weight excluding hydrogens is 150 g/mol. The number of hydrogen-bond acceptors (Lipinski definition) is 2. The highest BCUT2D eigenvalue weighted by Crippen LogP contribution is 2.34. The van der Waals surface area contributed by atoms with Gasteiger partial charge in [0.25, 0.3) is 0 Å². The SMILES string of the molecule is NC1(CC2CCOC2)CCCC1. The third kappa shape index (κ3) is 1.80. The minimum atomic E-state index is 0.179. The summed E-state index contributed by atoms with van der Waals surface area (Å²) in [6, 6.07) is 0. The molecule has 0 aromatic rings. The highest BCUT2D eigenvalue weighted by molar-refractivity contribution is 4.91. The summed E-state index contributed by atoms with van der Waals surface area (Å²) < 4.78 is 5.36. The largest absolute Gasteiger partial charge is 0.381 e. The summed E-state index contributed by atoms with van der Waals surface area (Å²) in [5.74, 6) is 0.757. The number of ether oxygens (including phenoxy) is 1. The first-order chi connectivity index (χ1) is 5.79. The van der Waals surface area contributed by atoms with Crippen LogP contribution in [-0.2, 0) is 4.74 Å². The van der Waals surface area contributed by atoms with Gasteiger partial charge in [0.2, 0.25) is 0 Å². The zero-order valence-corrected chi connectivity index (χ0v) is 7.72. The van der Waals surface area contributed by atoms with E-state index in [0.717, 1.165) is 19.1 Å². The average molecular weight is 169 g/mol. The van der Waals surface area contributed by atoms with Crippen LogP contribution in [0.4, 0.5) is 0 Å². The maximum Gasteiger partial charge on any atom is 0.0495 e. The summed E-state index contributed by atoms with van der Waals surface area (Å²) in [6.07, 6.45) is 7.59. The van der Waals surface area contributed by atoms with Crippen LogP contribution in [0.2, 0.25) is 0 Å². The minimum Gasteiger partial charge on any atom is -0.381 e. The third-order valence-corrected chi connectivity index (χ3v) is 3.32. The lowest BCUT2D eigenvalue weighted by Crippen LogP contribution is -2.38. The second-order valence-electron chi connectivity index (χ2n) is 4.50. The van der Waals surface area contributed by atoms with Gasteiger partial charge in [-0.2, -0.15) is 0 Å². The maximum atomic E-state index is 6.28. The topological polar surface area (TPSA) is 35.2 Å². The highest BCUT2D eigenvalue weighted by atomic mass is 16.5. The Balaban J connectivity index is 1.83. The molecule has 0 aromatic carbocycles. The first-order valence-electron chi connectivity index (χ1n) is 5.15. The van der Waals surface area contributed by atoms with E-state index in [-0.39, 0.29) is 5.54 Å². The van der Waals surface area contributed by atoms with Crippen LogP contribution >= 0.6 is 0 Å². The molecule has 1 unspecified atom stereocenters. The van der Waals surface area contributed by atoms with Crippen molar-refractivity contribution in [2.45, 2.75) is 44.1 Å². The number of hydrogen-bond donors (Lipinski definition) is 1. The van der Waals surface area contributed by atoms with Crippen LogP contribution in [0.1, 0.15) is 38.5 Å². The smallest absolute Gasteiger partial charge is 0.0495 e.